The lowest BCUT2D eigenvalue weighted by atomic mass is 10.0. The highest BCUT2D eigenvalue weighted by molar-refractivity contribution is 8.03. The van der Waals surface area contributed by atoms with Crippen molar-refractivity contribution < 1.29 is 0 Å². The molecular formula is C15H12Cl3N3O2S. The van der Waals surface area contributed by atoms with Crippen molar-refractivity contribution in [3.8, 4) is 11.8 Å². The Balaban J connectivity index is 2.83. The number of para-hydroxylation sites is 1. The number of benzene rings is 1. The van der Waals surface area contributed by atoms with Gasteiger partial charge in [-0.05, 0) is 17.5 Å². The van der Waals surface area contributed by atoms with E-state index >= 15 is 0 Å². The molecule has 1 aromatic heterocycles. The normalized spacial score (nSPS) is 11.5. The maximum absolute atomic E-state index is 12.7. The van der Waals surface area contributed by atoms with Gasteiger partial charge >= 0.3 is 5.69 Å². The fourth-order valence-corrected chi connectivity index (χ4v) is 3.34. The van der Waals surface area contributed by atoms with Crippen molar-refractivity contribution in [1.82, 2.24) is 8.54 Å². The van der Waals surface area contributed by atoms with Crippen molar-refractivity contribution in [2.45, 2.75) is 22.9 Å². The van der Waals surface area contributed by atoms with Gasteiger partial charge in [0.2, 0.25) is 0 Å². The fraction of sp³-hybridized carbons (Fsp3) is 0.267. The average Bonchev–Trinajstić information content (AvgIpc) is 2.51. The monoisotopic (exact) mass is 403 g/mol. The number of nitriles is 1. The Labute approximate surface area is 157 Å². The summed E-state index contributed by atoms with van der Waals surface area (Å²) in [6.45, 7) is 3.95. The highest BCUT2D eigenvalue weighted by atomic mass is 35.6. The third-order valence-corrected chi connectivity index (χ3v) is 4.52. The van der Waals surface area contributed by atoms with Gasteiger partial charge in [0.1, 0.15) is 11.6 Å². The molecule has 1 heterocycles. The van der Waals surface area contributed by atoms with Crippen molar-refractivity contribution in [2.24, 2.45) is 0 Å². The van der Waals surface area contributed by atoms with Crippen LogP contribution >= 0.6 is 46.8 Å². The van der Waals surface area contributed by atoms with Crippen LogP contribution < -0.4 is 11.2 Å². The predicted octanol–water partition coefficient (Wildman–Crippen LogP) is 3.82. The Morgan fingerprint density at radius 3 is 2.38 bits per heavy atom. The zero-order valence-electron chi connectivity index (χ0n) is 12.7. The van der Waals surface area contributed by atoms with Gasteiger partial charge in [-0.1, -0.05) is 66.8 Å². The zero-order valence-corrected chi connectivity index (χ0v) is 15.7. The quantitative estimate of drug-likeness (QED) is 0.729. The highest BCUT2D eigenvalue weighted by Crippen LogP contribution is 2.38. The second-order valence-corrected chi connectivity index (χ2v) is 9.27. The summed E-state index contributed by atoms with van der Waals surface area (Å²) in [4.78, 5) is 25.0. The van der Waals surface area contributed by atoms with Crippen LogP contribution in [0.15, 0.2) is 40.1 Å². The summed E-state index contributed by atoms with van der Waals surface area (Å²) in [5.41, 5.74) is -0.310. The van der Waals surface area contributed by atoms with Crippen LogP contribution in [0.1, 0.15) is 30.9 Å². The Kier molecular flexibility index (Phi) is 5.71. The SMILES string of the molecule is CC(C)c1ccccc1-n1cc(C#N)c(=O)n(SC(Cl)(Cl)Cl)c1=O. The number of rotatable bonds is 3. The molecule has 0 spiro atoms. The van der Waals surface area contributed by atoms with Crippen molar-refractivity contribution >= 4 is 46.8 Å². The molecule has 5 nitrogen and oxygen atoms in total. The van der Waals surface area contributed by atoms with E-state index in [1.165, 1.54) is 10.8 Å². The molecule has 2 rings (SSSR count). The number of alkyl halides is 3. The number of nitrogens with zero attached hydrogens (tertiary/aromatic N) is 3. The fourth-order valence-electron chi connectivity index (χ4n) is 2.16. The van der Waals surface area contributed by atoms with Crippen molar-refractivity contribution in [3.63, 3.8) is 0 Å². The van der Waals surface area contributed by atoms with Crippen molar-refractivity contribution in [1.29, 1.82) is 5.26 Å². The maximum atomic E-state index is 12.7. The van der Waals surface area contributed by atoms with E-state index < -0.39 is 14.4 Å². The lowest BCUT2D eigenvalue weighted by molar-refractivity contribution is 0.808. The molecule has 0 atom stereocenters. The molecule has 0 amide bonds. The average molecular weight is 405 g/mol. The van der Waals surface area contributed by atoms with Crippen LogP contribution in [0.5, 0.6) is 0 Å². The topological polar surface area (TPSA) is 67.8 Å². The largest absolute Gasteiger partial charge is 0.346 e. The standard InChI is InChI=1S/C15H12Cl3N3O2S/c1-9(2)11-5-3-4-6-12(11)20-8-10(7-19)13(22)21(14(20)23)24-15(16,17)18/h3-6,8-9H,1-2H3. The lowest BCUT2D eigenvalue weighted by Crippen LogP contribution is -2.38. The Morgan fingerprint density at radius 1 is 1.21 bits per heavy atom. The molecule has 0 unspecified atom stereocenters. The van der Waals surface area contributed by atoms with E-state index in [0.717, 1.165) is 5.56 Å². The van der Waals surface area contributed by atoms with Crippen LogP contribution in [0.4, 0.5) is 0 Å². The summed E-state index contributed by atoms with van der Waals surface area (Å²) in [6.07, 6.45) is 1.21. The molecule has 0 aliphatic rings. The first-order valence-electron chi connectivity index (χ1n) is 6.80. The van der Waals surface area contributed by atoms with Gasteiger partial charge < -0.3 is 0 Å². The Bertz CT molecular complexity index is 923. The molecule has 0 radical (unpaired) electrons. The molecule has 0 bridgehead atoms. The van der Waals surface area contributed by atoms with Crippen LogP contribution in [0.2, 0.25) is 0 Å². The lowest BCUT2D eigenvalue weighted by Gasteiger charge is -2.17. The van der Waals surface area contributed by atoms with E-state index in [9.17, 15) is 14.9 Å². The van der Waals surface area contributed by atoms with Crippen LogP contribution in [0.25, 0.3) is 5.69 Å². The van der Waals surface area contributed by atoms with Crippen molar-refractivity contribution in [2.75, 3.05) is 0 Å². The van der Waals surface area contributed by atoms with Gasteiger partial charge in [-0.3, -0.25) is 9.36 Å². The van der Waals surface area contributed by atoms with E-state index in [-0.39, 0.29) is 11.5 Å². The van der Waals surface area contributed by atoms with Crippen LogP contribution in [-0.4, -0.2) is 11.7 Å². The van der Waals surface area contributed by atoms with Crippen LogP contribution in [0.3, 0.4) is 0 Å². The summed E-state index contributed by atoms with van der Waals surface area (Å²) < 4.78 is -0.0200. The van der Waals surface area contributed by atoms with Gasteiger partial charge in [0.25, 0.3) is 8.68 Å². The van der Waals surface area contributed by atoms with Crippen LogP contribution in [-0.2, 0) is 0 Å². The second-order valence-electron chi connectivity index (χ2n) is 5.16. The summed E-state index contributed by atoms with van der Waals surface area (Å²) in [7, 11) is 0. The molecule has 1 aromatic carbocycles. The molecule has 0 fully saturated rings. The molecule has 126 valence electrons. The van der Waals surface area contributed by atoms with Gasteiger partial charge in [0.15, 0.2) is 0 Å². The molecule has 0 aliphatic carbocycles. The molecule has 0 saturated heterocycles. The van der Waals surface area contributed by atoms with Gasteiger partial charge in [-0.2, -0.15) is 9.23 Å². The number of hydrogen-bond acceptors (Lipinski definition) is 4. The van der Waals surface area contributed by atoms with Crippen LogP contribution in [0, 0.1) is 11.3 Å². The van der Waals surface area contributed by atoms with E-state index in [1.807, 2.05) is 26.0 Å². The minimum Gasteiger partial charge on any atom is -0.267 e. The van der Waals surface area contributed by atoms with Crippen molar-refractivity contribution in [3.05, 3.63) is 62.4 Å². The van der Waals surface area contributed by atoms with Gasteiger partial charge in [-0.25, -0.2) is 4.79 Å². The number of aromatic nitrogens is 2. The Morgan fingerprint density at radius 2 is 1.83 bits per heavy atom. The number of hydrogen-bond donors (Lipinski definition) is 0. The second kappa shape index (κ2) is 7.24. The molecule has 0 saturated carbocycles. The first kappa shape index (κ1) is 18.9. The van der Waals surface area contributed by atoms with Gasteiger partial charge in [0, 0.05) is 18.1 Å². The van der Waals surface area contributed by atoms with E-state index in [2.05, 4.69) is 0 Å². The minimum absolute atomic E-state index is 0.125. The minimum atomic E-state index is -1.92. The summed E-state index contributed by atoms with van der Waals surface area (Å²) in [5, 5.41) is 9.20. The first-order chi connectivity index (χ1) is 11.2. The third kappa shape index (κ3) is 3.98. The molecule has 2 aromatic rings. The predicted molar refractivity (Wildman–Crippen MR) is 98.4 cm³/mol. The zero-order chi connectivity index (χ0) is 18.1. The van der Waals surface area contributed by atoms with Gasteiger partial charge in [-0.15, -0.1) is 0 Å². The Hall–Kier alpha value is -1.39. The molecule has 0 N–H and O–H groups in total. The summed E-state index contributed by atoms with van der Waals surface area (Å²) in [5.74, 6) is 0.125. The summed E-state index contributed by atoms with van der Waals surface area (Å²) in [6, 6.07) is 8.98. The van der Waals surface area contributed by atoms with E-state index in [0.29, 0.717) is 21.6 Å². The number of halogens is 3. The summed E-state index contributed by atoms with van der Waals surface area (Å²) >= 11 is 17.5. The highest BCUT2D eigenvalue weighted by Gasteiger charge is 2.26. The van der Waals surface area contributed by atoms with Gasteiger partial charge in [0.05, 0.1) is 5.69 Å². The third-order valence-electron chi connectivity index (χ3n) is 3.19. The first-order valence-corrected chi connectivity index (χ1v) is 8.70. The molecule has 0 aliphatic heterocycles. The maximum Gasteiger partial charge on any atom is 0.346 e. The van der Waals surface area contributed by atoms with E-state index in [4.69, 9.17) is 34.8 Å². The molecule has 24 heavy (non-hydrogen) atoms. The van der Waals surface area contributed by atoms with E-state index in [1.54, 1.807) is 18.2 Å². The molecular weight excluding hydrogens is 393 g/mol. The molecule has 9 heteroatoms. The smallest absolute Gasteiger partial charge is 0.267 e.